The Morgan fingerprint density at radius 1 is 1.29 bits per heavy atom. The lowest BCUT2D eigenvalue weighted by atomic mass is 10.0. The first-order valence-corrected chi connectivity index (χ1v) is 10.8. The molecule has 4 rings (SSSR count). The molecule has 1 saturated heterocycles. The Morgan fingerprint density at radius 2 is 2.09 bits per heavy atom. The number of nitrogens with zero attached hydrogens (tertiary/aromatic N) is 2. The van der Waals surface area contributed by atoms with Crippen LogP contribution in [0.2, 0.25) is 0 Å². The van der Waals surface area contributed by atoms with Gasteiger partial charge in [0.25, 0.3) is 5.91 Å². The molecule has 2 aromatic carbocycles. The van der Waals surface area contributed by atoms with Gasteiger partial charge in [-0.3, -0.25) is 9.59 Å². The van der Waals surface area contributed by atoms with E-state index in [-0.39, 0.29) is 46.4 Å². The van der Waals surface area contributed by atoms with Crippen molar-refractivity contribution in [2.75, 3.05) is 26.1 Å². The van der Waals surface area contributed by atoms with Crippen LogP contribution in [0.15, 0.2) is 36.4 Å². The zero-order valence-corrected chi connectivity index (χ0v) is 18.5. The molecule has 10 heteroatoms. The number of aldehydes is 1. The lowest BCUT2D eigenvalue weighted by molar-refractivity contribution is 0.0558. The maximum absolute atomic E-state index is 15.1. The zero-order chi connectivity index (χ0) is 24.2. The Bertz CT molecular complexity index is 1220. The number of amides is 1. The summed E-state index contributed by atoms with van der Waals surface area (Å²) >= 11 is 0. The number of benzene rings is 2. The molecule has 0 aliphatic carbocycles. The fourth-order valence-corrected chi connectivity index (χ4v) is 3.98. The normalized spacial score (nSPS) is 15.7. The van der Waals surface area contributed by atoms with E-state index in [2.05, 4.69) is 10.4 Å². The second kappa shape index (κ2) is 10.0. The van der Waals surface area contributed by atoms with Gasteiger partial charge in [0.1, 0.15) is 17.3 Å². The van der Waals surface area contributed by atoms with Gasteiger partial charge in [0.2, 0.25) is 0 Å². The van der Waals surface area contributed by atoms with Crippen LogP contribution in [0.1, 0.15) is 45.2 Å². The van der Waals surface area contributed by atoms with Crippen molar-refractivity contribution in [3.8, 4) is 17.0 Å². The van der Waals surface area contributed by atoms with E-state index < -0.39 is 17.5 Å². The number of nitrogens with two attached hydrogens (primary N) is 1. The van der Waals surface area contributed by atoms with Crippen molar-refractivity contribution in [3.63, 3.8) is 0 Å². The monoisotopic (exact) mass is 470 g/mol. The van der Waals surface area contributed by atoms with Crippen LogP contribution in [-0.2, 0) is 11.3 Å². The molecule has 0 bridgehead atoms. The highest BCUT2D eigenvalue weighted by molar-refractivity contribution is 5.97. The lowest BCUT2D eigenvalue weighted by Crippen LogP contribution is -2.24. The summed E-state index contributed by atoms with van der Waals surface area (Å²) in [5, 5.41) is 6.89. The molecular formula is C24H24F2N4O4. The molecule has 2 heterocycles. The molecule has 0 radical (unpaired) electrons. The highest BCUT2D eigenvalue weighted by Gasteiger charge is 2.27. The number of anilines is 1. The number of aromatic nitrogens is 2. The van der Waals surface area contributed by atoms with Crippen molar-refractivity contribution in [2.24, 2.45) is 0 Å². The molecule has 1 amide bonds. The predicted octanol–water partition coefficient (Wildman–Crippen LogP) is 3.51. The third kappa shape index (κ3) is 4.36. The second-order valence-electron chi connectivity index (χ2n) is 7.86. The van der Waals surface area contributed by atoms with Crippen molar-refractivity contribution in [2.45, 2.75) is 25.4 Å². The van der Waals surface area contributed by atoms with E-state index in [0.717, 1.165) is 12.8 Å². The zero-order valence-electron chi connectivity index (χ0n) is 18.5. The summed E-state index contributed by atoms with van der Waals surface area (Å²) in [6.07, 6.45) is 2.02. The van der Waals surface area contributed by atoms with Crippen molar-refractivity contribution < 1.29 is 27.8 Å². The molecule has 1 aliphatic rings. The van der Waals surface area contributed by atoms with E-state index in [0.29, 0.717) is 25.2 Å². The molecule has 8 nitrogen and oxygen atoms in total. The number of halogens is 2. The first-order valence-electron chi connectivity index (χ1n) is 10.8. The van der Waals surface area contributed by atoms with E-state index in [1.54, 1.807) is 24.3 Å². The fraction of sp³-hybridized carbons (Fsp3) is 0.292. The van der Waals surface area contributed by atoms with Crippen LogP contribution in [0, 0.1) is 11.6 Å². The molecular weight excluding hydrogens is 446 g/mol. The van der Waals surface area contributed by atoms with E-state index in [4.69, 9.17) is 15.2 Å². The van der Waals surface area contributed by atoms with Gasteiger partial charge in [-0.2, -0.15) is 5.10 Å². The van der Waals surface area contributed by atoms with Crippen LogP contribution in [0.3, 0.4) is 0 Å². The summed E-state index contributed by atoms with van der Waals surface area (Å²) in [7, 11) is 1.43. The maximum atomic E-state index is 15.1. The molecule has 1 aliphatic heterocycles. The van der Waals surface area contributed by atoms with Crippen LogP contribution in [0.25, 0.3) is 11.3 Å². The van der Waals surface area contributed by atoms with Crippen LogP contribution in [0.5, 0.6) is 5.75 Å². The Morgan fingerprint density at radius 3 is 2.79 bits per heavy atom. The summed E-state index contributed by atoms with van der Waals surface area (Å²) in [6.45, 7) is 0.738. The van der Waals surface area contributed by atoms with Gasteiger partial charge < -0.3 is 20.5 Å². The SMILES string of the molecule is COc1ccccc1C(=O)NCc1ccc(-c2nn(C3CCCOC3)c(N)c2C=O)c(F)c1F. The molecule has 0 saturated carbocycles. The first-order chi connectivity index (χ1) is 16.5. The molecule has 3 N–H and O–H groups in total. The Balaban J connectivity index is 1.59. The van der Waals surface area contributed by atoms with Gasteiger partial charge in [-0.25, -0.2) is 13.5 Å². The Labute approximate surface area is 194 Å². The van der Waals surface area contributed by atoms with Crippen LogP contribution in [-0.4, -0.2) is 42.3 Å². The number of hydrogen-bond acceptors (Lipinski definition) is 6. The highest BCUT2D eigenvalue weighted by atomic mass is 19.2. The number of para-hydroxylation sites is 1. The van der Waals surface area contributed by atoms with Gasteiger partial charge in [0.05, 0.1) is 30.9 Å². The number of methoxy groups -OCH3 is 1. The summed E-state index contributed by atoms with van der Waals surface area (Å²) < 4.78 is 42.0. The molecule has 1 aromatic heterocycles. The summed E-state index contributed by atoms with van der Waals surface area (Å²) in [5.41, 5.74) is 6.06. The number of nitrogens with one attached hydrogen (secondary N) is 1. The van der Waals surface area contributed by atoms with E-state index >= 15 is 4.39 Å². The minimum Gasteiger partial charge on any atom is -0.496 e. The van der Waals surface area contributed by atoms with Crippen LogP contribution in [0.4, 0.5) is 14.6 Å². The van der Waals surface area contributed by atoms with Crippen LogP contribution < -0.4 is 15.8 Å². The number of carbonyl (C=O) groups excluding carboxylic acids is 2. The van der Waals surface area contributed by atoms with Gasteiger partial charge >= 0.3 is 0 Å². The minimum atomic E-state index is -1.18. The highest BCUT2D eigenvalue weighted by Crippen LogP contribution is 2.33. The quantitative estimate of drug-likeness (QED) is 0.512. The molecule has 1 atom stereocenters. The maximum Gasteiger partial charge on any atom is 0.255 e. The summed E-state index contributed by atoms with van der Waals surface area (Å²) in [4.78, 5) is 24.2. The smallest absolute Gasteiger partial charge is 0.255 e. The molecule has 1 fully saturated rings. The lowest BCUT2D eigenvalue weighted by Gasteiger charge is -2.23. The number of hydrogen-bond donors (Lipinski definition) is 2. The molecule has 0 spiro atoms. The molecule has 178 valence electrons. The van der Waals surface area contributed by atoms with Crippen molar-refractivity contribution in [3.05, 3.63) is 64.7 Å². The summed E-state index contributed by atoms with van der Waals surface area (Å²) in [5.74, 6) is -2.39. The summed E-state index contributed by atoms with van der Waals surface area (Å²) in [6, 6.07) is 9.03. The standard InChI is InChI=1S/C24H24F2N4O4/c1-33-19-7-3-2-6-16(19)24(32)28-11-14-8-9-17(21(26)20(14)25)22-18(12-31)23(27)30(29-22)15-5-4-10-34-13-15/h2-3,6-9,12,15H,4-5,10-11,13,27H2,1H3,(H,28,32). The number of ether oxygens (including phenoxy) is 2. The van der Waals surface area contributed by atoms with Gasteiger partial charge in [-0.15, -0.1) is 0 Å². The molecule has 1 unspecified atom stereocenters. The second-order valence-corrected chi connectivity index (χ2v) is 7.86. The van der Waals surface area contributed by atoms with Crippen molar-refractivity contribution in [1.29, 1.82) is 0 Å². The topological polar surface area (TPSA) is 108 Å². The van der Waals surface area contributed by atoms with E-state index in [9.17, 15) is 14.0 Å². The number of rotatable bonds is 7. The van der Waals surface area contributed by atoms with E-state index in [1.807, 2.05) is 0 Å². The van der Waals surface area contributed by atoms with Crippen molar-refractivity contribution in [1.82, 2.24) is 15.1 Å². The van der Waals surface area contributed by atoms with Gasteiger partial charge in [0.15, 0.2) is 17.9 Å². The van der Waals surface area contributed by atoms with Gasteiger partial charge in [0, 0.05) is 24.3 Å². The fourth-order valence-electron chi connectivity index (χ4n) is 3.98. The predicted molar refractivity (Wildman–Crippen MR) is 121 cm³/mol. The van der Waals surface area contributed by atoms with Gasteiger partial charge in [-0.05, 0) is 31.0 Å². The minimum absolute atomic E-state index is 0.0129. The Hall–Kier alpha value is -3.79. The first kappa shape index (κ1) is 23.4. The number of nitrogen functional groups attached to an aromatic ring is 1. The number of carbonyl (C=O) groups is 2. The van der Waals surface area contributed by atoms with Crippen molar-refractivity contribution >= 4 is 18.0 Å². The Kier molecular flexibility index (Phi) is 6.87. The van der Waals surface area contributed by atoms with Gasteiger partial charge in [-0.1, -0.05) is 18.2 Å². The average Bonchev–Trinajstić information content (AvgIpc) is 3.20. The molecule has 34 heavy (non-hydrogen) atoms. The van der Waals surface area contributed by atoms with Crippen LogP contribution >= 0.6 is 0 Å². The van der Waals surface area contributed by atoms with E-state index in [1.165, 1.54) is 23.9 Å². The third-order valence-corrected chi connectivity index (χ3v) is 5.79. The largest absolute Gasteiger partial charge is 0.496 e. The third-order valence-electron chi connectivity index (χ3n) is 5.79. The molecule has 3 aromatic rings. The average molecular weight is 470 g/mol.